The number of hydrogen-bond donors (Lipinski definition) is 0. The second-order valence-electron chi connectivity index (χ2n) is 19.0. The Morgan fingerprint density at radius 2 is 1.51 bits per heavy atom. The molecular formula is C46H66O8Si. The maximum Gasteiger partial charge on any atom is 0.311 e. The van der Waals surface area contributed by atoms with Crippen LogP contribution in [0.1, 0.15) is 114 Å². The fourth-order valence-corrected chi connectivity index (χ4v) is 14.3. The molecule has 9 heteroatoms. The van der Waals surface area contributed by atoms with Crippen LogP contribution >= 0.6 is 0 Å². The standard InChI is InChI=1S/C46H66O8Si/c1-31-27-39(54-55(45(6,7)8,33-19-13-10-14-20-33)34-21-15-11-16-22-34)35(25-26-49-43(48)44(3,4)5)51-40-29-37-38(53-46(40,9)30-31)28-32(2)42-36(50-37)23-17-12-18-24-41(47)52-42/h10-17,19-22,31-32,35-40,42H,18,23-30H2,1-9H3/b17-12-/t31-,32+,35-,36+,37-,38+,39+,40+,42-,46-/m1/s1. The molecule has 2 aromatic rings. The van der Waals surface area contributed by atoms with Crippen molar-refractivity contribution in [2.24, 2.45) is 17.3 Å². The number of benzene rings is 2. The van der Waals surface area contributed by atoms with Gasteiger partial charge in [0.05, 0.1) is 54.2 Å². The molecule has 4 aliphatic heterocycles. The van der Waals surface area contributed by atoms with Gasteiger partial charge in [-0.15, -0.1) is 0 Å². The number of carbonyl (C=O) groups excluding carboxylic acids is 2. The maximum atomic E-state index is 13.0. The van der Waals surface area contributed by atoms with Crippen LogP contribution < -0.4 is 10.4 Å². The van der Waals surface area contributed by atoms with E-state index in [1.54, 1.807) is 0 Å². The number of carbonyl (C=O) groups is 2. The highest BCUT2D eigenvalue weighted by Crippen LogP contribution is 2.47. The number of esters is 2. The third-order valence-corrected chi connectivity index (χ3v) is 17.4. The van der Waals surface area contributed by atoms with E-state index in [9.17, 15) is 9.59 Å². The Balaban J connectivity index is 1.37. The predicted molar refractivity (Wildman–Crippen MR) is 218 cm³/mol. The minimum atomic E-state index is -2.97. The van der Waals surface area contributed by atoms with Crippen LogP contribution in [0, 0.1) is 17.3 Å². The molecule has 55 heavy (non-hydrogen) atoms. The largest absolute Gasteiger partial charge is 0.465 e. The van der Waals surface area contributed by atoms with Crippen LogP contribution in [0.2, 0.25) is 5.04 Å². The van der Waals surface area contributed by atoms with Gasteiger partial charge in [0.2, 0.25) is 0 Å². The average molecular weight is 775 g/mol. The van der Waals surface area contributed by atoms with Gasteiger partial charge in [-0.05, 0) is 87.0 Å². The Bertz CT molecular complexity index is 1580. The maximum absolute atomic E-state index is 13.0. The van der Waals surface area contributed by atoms with Crippen molar-refractivity contribution in [1.29, 1.82) is 0 Å². The Morgan fingerprint density at radius 3 is 2.13 bits per heavy atom. The fourth-order valence-electron chi connectivity index (χ4n) is 9.55. The van der Waals surface area contributed by atoms with Crippen molar-refractivity contribution in [3.63, 3.8) is 0 Å². The molecule has 3 saturated heterocycles. The summed E-state index contributed by atoms with van der Waals surface area (Å²) >= 11 is 0. The molecule has 302 valence electrons. The molecule has 10 atom stereocenters. The van der Waals surface area contributed by atoms with Gasteiger partial charge in [-0.2, -0.15) is 0 Å². The van der Waals surface area contributed by atoms with E-state index in [1.165, 1.54) is 10.4 Å². The van der Waals surface area contributed by atoms with E-state index in [0.29, 0.717) is 32.1 Å². The summed E-state index contributed by atoms with van der Waals surface area (Å²) in [6.07, 6.45) is 7.44. The topological polar surface area (TPSA) is 89.5 Å². The van der Waals surface area contributed by atoms with Crippen LogP contribution in [-0.2, 0) is 37.7 Å². The normalized spacial score (nSPS) is 34.1. The lowest BCUT2D eigenvalue weighted by atomic mass is 9.77. The quantitative estimate of drug-likeness (QED) is 0.159. The molecule has 0 radical (unpaired) electrons. The van der Waals surface area contributed by atoms with Crippen LogP contribution in [0.4, 0.5) is 0 Å². The van der Waals surface area contributed by atoms with Gasteiger partial charge in [-0.1, -0.05) is 107 Å². The van der Waals surface area contributed by atoms with Gasteiger partial charge in [0.15, 0.2) is 0 Å². The molecule has 0 spiro atoms. The first-order chi connectivity index (χ1) is 26.0. The second kappa shape index (κ2) is 17.0. The van der Waals surface area contributed by atoms with Crippen LogP contribution in [0.3, 0.4) is 0 Å². The van der Waals surface area contributed by atoms with Crippen molar-refractivity contribution < 1.29 is 37.7 Å². The fraction of sp³-hybridized carbons (Fsp3) is 0.652. The molecule has 6 rings (SSSR count). The lowest BCUT2D eigenvalue weighted by Crippen LogP contribution is -2.69. The molecule has 0 N–H and O–H groups in total. The number of allylic oxidation sites excluding steroid dienone is 1. The molecule has 4 aliphatic rings. The summed E-state index contributed by atoms with van der Waals surface area (Å²) < 4.78 is 41.4. The van der Waals surface area contributed by atoms with Gasteiger partial charge in [0, 0.05) is 19.3 Å². The number of rotatable bonds is 7. The van der Waals surface area contributed by atoms with Crippen molar-refractivity contribution >= 4 is 30.6 Å². The third-order valence-electron chi connectivity index (χ3n) is 12.3. The Kier molecular flexibility index (Phi) is 12.9. The molecule has 0 amide bonds. The van der Waals surface area contributed by atoms with E-state index in [0.717, 1.165) is 19.3 Å². The average Bonchev–Trinajstić information content (AvgIpc) is 3.16. The van der Waals surface area contributed by atoms with Crippen molar-refractivity contribution in [1.82, 2.24) is 0 Å². The second-order valence-corrected chi connectivity index (χ2v) is 23.3. The van der Waals surface area contributed by atoms with E-state index in [1.807, 2.05) is 20.8 Å². The van der Waals surface area contributed by atoms with Crippen molar-refractivity contribution in [2.75, 3.05) is 6.61 Å². The Labute approximate surface area is 331 Å². The van der Waals surface area contributed by atoms with Gasteiger partial charge < -0.3 is 28.1 Å². The van der Waals surface area contributed by atoms with Gasteiger partial charge >= 0.3 is 11.9 Å². The lowest BCUT2D eigenvalue weighted by Gasteiger charge is -2.53. The minimum absolute atomic E-state index is 0.0805. The first kappa shape index (κ1) is 41.8. The zero-order valence-corrected chi connectivity index (χ0v) is 35.8. The van der Waals surface area contributed by atoms with E-state index < -0.39 is 19.3 Å². The zero-order chi connectivity index (χ0) is 39.6. The van der Waals surface area contributed by atoms with Gasteiger partial charge in [-0.3, -0.25) is 9.59 Å². The van der Waals surface area contributed by atoms with Gasteiger partial charge in [0.1, 0.15) is 6.10 Å². The highest BCUT2D eigenvalue weighted by molar-refractivity contribution is 6.99. The first-order valence-corrected chi connectivity index (χ1v) is 22.7. The smallest absolute Gasteiger partial charge is 0.311 e. The summed E-state index contributed by atoms with van der Waals surface area (Å²) in [5, 5.41) is 2.21. The van der Waals surface area contributed by atoms with Crippen LogP contribution in [0.25, 0.3) is 0 Å². The van der Waals surface area contributed by atoms with E-state index >= 15 is 0 Å². The zero-order valence-electron chi connectivity index (χ0n) is 34.8. The molecule has 3 fully saturated rings. The third kappa shape index (κ3) is 9.33. The molecular weight excluding hydrogens is 709 g/mol. The SMILES string of the molecule is C[C@@H]1C[C@H](O[Si](c2ccccc2)(c2ccccc2)C(C)(C)C)[C@@H](CCOC(=O)C(C)(C)C)O[C@H]2C[C@H]3O[C@H]4C/C=C\CCC(=O)O[C@@H]4[C@@H](C)C[C@@H]3O[C@]2(C)C1. The number of fused-ring (bicyclic) bond motifs is 3. The van der Waals surface area contributed by atoms with Gasteiger partial charge in [0.25, 0.3) is 8.32 Å². The Hall–Kier alpha value is -2.82. The molecule has 8 nitrogen and oxygen atoms in total. The molecule has 0 aromatic heterocycles. The molecule has 2 aromatic carbocycles. The summed E-state index contributed by atoms with van der Waals surface area (Å²) in [6, 6.07) is 21.5. The summed E-state index contributed by atoms with van der Waals surface area (Å²) in [4.78, 5) is 25.8. The molecule has 0 unspecified atom stereocenters. The number of hydrogen-bond acceptors (Lipinski definition) is 8. The van der Waals surface area contributed by atoms with Gasteiger partial charge in [-0.25, -0.2) is 0 Å². The van der Waals surface area contributed by atoms with Crippen LogP contribution in [-0.4, -0.2) is 75.2 Å². The predicted octanol–water partition coefficient (Wildman–Crippen LogP) is 8.09. The highest BCUT2D eigenvalue weighted by atomic mass is 28.4. The minimum Gasteiger partial charge on any atom is -0.465 e. The summed E-state index contributed by atoms with van der Waals surface area (Å²) in [6.45, 7) is 19.5. The molecule has 0 saturated carbocycles. The molecule has 0 bridgehead atoms. The van der Waals surface area contributed by atoms with E-state index in [4.69, 9.17) is 28.1 Å². The molecule has 0 aliphatic carbocycles. The van der Waals surface area contributed by atoms with E-state index in [2.05, 4.69) is 114 Å². The highest BCUT2D eigenvalue weighted by Gasteiger charge is 2.56. The lowest BCUT2D eigenvalue weighted by molar-refractivity contribution is -0.272. The van der Waals surface area contributed by atoms with Crippen LogP contribution in [0.5, 0.6) is 0 Å². The first-order valence-electron chi connectivity index (χ1n) is 20.8. The summed E-state index contributed by atoms with van der Waals surface area (Å²) in [5.74, 6) is -0.0815. The van der Waals surface area contributed by atoms with Crippen molar-refractivity contribution in [3.05, 3.63) is 72.8 Å². The van der Waals surface area contributed by atoms with E-state index in [-0.39, 0.29) is 78.1 Å². The van der Waals surface area contributed by atoms with Crippen molar-refractivity contribution in [2.45, 2.75) is 167 Å². The Morgan fingerprint density at radius 1 is 0.855 bits per heavy atom. The number of ether oxygens (including phenoxy) is 5. The molecule has 4 heterocycles. The summed E-state index contributed by atoms with van der Waals surface area (Å²) in [7, 11) is -2.97. The van der Waals surface area contributed by atoms with Crippen molar-refractivity contribution in [3.8, 4) is 0 Å². The van der Waals surface area contributed by atoms with Crippen LogP contribution in [0.15, 0.2) is 72.8 Å². The monoisotopic (exact) mass is 774 g/mol. The summed E-state index contributed by atoms with van der Waals surface area (Å²) in [5.41, 5.74) is -1.19.